The molecule has 1 aromatic carbocycles. The van der Waals surface area contributed by atoms with Gasteiger partial charge in [-0.05, 0) is 34.1 Å². The Labute approximate surface area is 88.5 Å². The van der Waals surface area contributed by atoms with E-state index in [2.05, 4.69) is 15.9 Å². The van der Waals surface area contributed by atoms with Gasteiger partial charge in [-0.25, -0.2) is 0 Å². The number of benzene rings is 1. The molecule has 3 nitrogen and oxygen atoms in total. The topological polar surface area (TPSA) is 50.4 Å². The van der Waals surface area contributed by atoms with Crippen molar-refractivity contribution in [3.63, 3.8) is 0 Å². The van der Waals surface area contributed by atoms with Gasteiger partial charge in [0.25, 0.3) is 0 Å². The van der Waals surface area contributed by atoms with E-state index in [4.69, 9.17) is 4.42 Å². The van der Waals surface area contributed by atoms with Crippen LogP contribution in [0.25, 0.3) is 11.0 Å². The number of hydrogen-bond donors (Lipinski definition) is 1. The molecular formula is C10H7BrO3. The Morgan fingerprint density at radius 1 is 1.43 bits per heavy atom. The molecule has 0 bridgehead atoms. The lowest BCUT2D eigenvalue weighted by Crippen LogP contribution is -1.85. The monoisotopic (exact) mass is 254 g/mol. The van der Waals surface area contributed by atoms with E-state index in [-0.39, 0.29) is 11.5 Å². The Morgan fingerprint density at radius 3 is 2.79 bits per heavy atom. The molecule has 0 fully saturated rings. The Kier molecular flexibility index (Phi) is 2.07. The van der Waals surface area contributed by atoms with Crippen LogP contribution in [0.3, 0.4) is 0 Å². The maximum Gasteiger partial charge on any atom is 0.194 e. The van der Waals surface area contributed by atoms with Gasteiger partial charge >= 0.3 is 0 Å². The Morgan fingerprint density at radius 2 is 2.14 bits per heavy atom. The van der Waals surface area contributed by atoms with Crippen molar-refractivity contribution in [2.24, 2.45) is 0 Å². The smallest absolute Gasteiger partial charge is 0.194 e. The molecule has 0 atom stereocenters. The minimum atomic E-state index is -0.132. The molecule has 2 aromatic rings. The van der Waals surface area contributed by atoms with Crippen LogP contribution in [0.4, 0.5) is 0 Å². The summed E-state index contributed by atoms with van der Waals surface area (Å²) >= 11 is 3.25. The zero-order valence-corrected chi connectivity index (χ0v) is 8.96. The molecule has 1 N–H and O–H groups in total. The molecule has 1 heterocycles. The van der Waals surface area contributed by atoms with Crippen molar-refractivity contribution in [1.82, 2.24) is 0 Å². The lowest BCUT2D eigenvalue weighted by Gasteiger charge is -1.94. The summed E-state index contributed by atoms with van der Waals surface area (Å²) in [6.07, 6.45) is 0. The maximum atomic E-state index is 11.0. The van der Waals surface area contributed by atoms with E-state index < -0.39 is 0 Å². The summed E-state index contributed by atoms with van der Waals surface area (Å²) < 4.78 is 5.95. The van der Waals surface area contributed by atoms with Crippen molar-refractivity contribution in [3.05, 3.63) is 28.4 Å². The van der Waals surface area contributed by atoms with Crippen LogP contribution in [0.2, 0.25) is 0 Å². The highest BCUT2D eigenvalue weighted by molar-refractivity contribution is 9.10. The maximum absolute atomic E-state index is 11.0. The van der Waals surface area contributed by atoms with Gasteiger partial charge in [0, 0.05) is 12.3 Å². The first-order valence-corrected chi connectivity index (χ1v) is 4.80. The zero-order chi connectivity index (χ0) is 10.3. The first-order chi connectivity index (χ1) is 6.58. The van der Waals surface area contributed by atoms with E-state index in [0.717, 1.165) is 0 Å². The van der Waals surface area contributed by atoms with E-state index in [1.54, 1.807) is 12.1 Å². The Hall–Kier alpha value is -1.29. The molecule has 2 rings (SSSR count). The van der Waals surface area contributed by atoms with Gasteiger partial charge in [0.1, 0.15) is 11.3 Å². The van der Waals surface area contributed by atoms with Crippen molar-refractivity contribution in [3.8, 4) is 5.75 Å². The molecule has 0 amide bonds. The SMILES string of the molecule is CC(=O)c1cc2cc(O)cc(Br)c2o1. The summed E-state index contributed by atoms with van der Waals surface area (Å²) in [6.45, 7) is 1.44. The van der Waals surface area contributed by atoms with Gasteiger partial charge in [-0.3, -0.25) is 4.79 Å². The second kappa shape index (κ2) is 3.13. The number of hydrogen-bond acceptors (Lipinski definition) is 3. The molecule has 0 unspecified atom stereocenters. The number of halogens is 1. The van der Waals surface area contributed by atoms with Gasteiger partial charge in [-0.2, -0.15) is 0 Å². The van der Waals surface area contributed by atoms with Gasteiger partial charge in [-0.1, -0.05) is 0 Å². The minimum absolute atomic E-state index is 0.132. The molecule has 0 saturated carbocycles. The molecule has 4 heteroatoms. The van der Waals surface area contributed by atoms with Crippen molar-refractivity contribution < 1.29 is 14.3 Å². The van der Waals surface area contributed by atoms with E-state index in [9.17, 15) is 9.90 Å². The van der Waals surface area contributed by atoms with E-state index >= 15 is 0 Å². The molecule has 1 aromatic heterocycles. The number of Topliss-reactive ketones (excluding diaryl/α,β-unsaturated/α-hetero) is 1. The standard InChI is InChI=1S/C10H7BrO3/c1-5(12)9-3-6-2-7(13)4-8(11)10(6)14-9/h2-4,13H,1H3. The van der Waals surface area contributed by atoms with E-state index in [1.807, 2.05) is 0 Å². The summed E-state index contributed by atoms with van der Waals surface area (Å²) in [7, 11) is 0. The Bertz CT molecular complexity index is 513. The molecule has 0 aliphatic carbocycles. The third-order valence-electron chi connectivity index (χ3n) is 1.90. The first-order valence-electron chi connectivity index (χ1n) is 4.01. The van der Waals surface area contributed by atoms with Gasteiger partial charge < -0.3 is 9.52 Å². The Balaban J connectivity index is 2.76. The van der Waals surface area contributed by atoms with Gasteiger partial charge in [0.05, 0.1) is 4.47 Å². The number of ketones is 1. The van der Waals surface area contributed by atoms with Crippen LogP contribution in [-0.4, -0.2) is 10.9 Å². The molecule has 0 saturated heterocycles. The molecule has 14 heavy (non-hydrogen) atoms. The summed E-state index contributed by atoms with van der Waals surface area (Å²) in [5.74, 6) is 0.305. The molecular weight excluding hydrogens is 248 g/mol. The highest BCUT2D eigenvalue weighted by Gasteiger charge is 2.11. The van der Waals surface area contributed by atoms with E-state index in [0.29, 0.717) is 21.2 Å². The normalized spacial score (nSPS) is 10.7. The van der Waals surface area contributed by atoms with E-state index in [1.165, 1.54) is 13.0 Å². The lowest BCUT2D eigenvalue weighted by molar-refractivity contribution is 0.0989. The lowest BCUT2D eigenvalue weighted by atomic mass is 10.2. The molecule has 0 aliphatic heterocycles. The number of phenolic OH excluding ortho intramolecular Hbond substituents is 1. The predicted molar refractivity (Wildman–Crippen MR) is 55.6 cm³/mol. The largest absolute Gasteiger partial charge is 0.508 e. The highest BCUT2D eigenvalue weighted by Crippen LogP contribution is 2.31. The number of phenols is 1. The van der Waals surface area contributed by atoms with Crippen LogP contribution in [0, 0.1) is 0 Å². The van der Waals surface area contributed by atoms with Crippen LogP contribution in [-0.2, 0) is 0 Å². The molecule has 72 valence electrons. The third kappa shape index (κ3) is 1.42. The predicted octanol–water partition coefficient (Wildman–Crippen LogP) is 3.10. The van der Waals surface area contributed by atoms with Crippen molar-refractivity contribution in [1.29, 1.82) is 0 Å². The molecule has 0 aliphatic rings. The number of rotatable bonds is 1. The first kappa shape index (κ1) is 9.27. The van der Waals surface area contributed by atoms with Gasteiger partial charge in [-0.15, -0.1) is 0 Å². The van der Waals surface area contributed by atoms with Crippen molar-refractivity contribution in [2.75, 3.05) is 0 Å². The second-order valence-corrected chi connectivity index (χ2v) is 3.87. The summed E-state index contributed by atoms with van der Waals surface area (Å²) in [5.41, 5.74) is 0.577. The van der Waals surface area contributed by atoms with Crippen LogP contribution in [0.5, 0.6) is 5.75 Å². The molecule has 0 spiro atoms. The summed E-state index contributed by atoms with van der Waals surface area (Å²) in [6, 6.07) is 4.69. The zero-order valence-electron chi connectivity index (χ0n) is 7.37. The fourth-order valence-corrected chi connectivity index (χ4v) is 1.81. The van der Waals surface area contributed by atoms with Crippen LogP contribution >= 0.6 is 15.9 Å². The highest BCUT2D eigenvalue weighted by atomic mass is 79.9. The van der Waals surface area contributed by atoms with Gasteiger partial charge in [0.15, 0.2) is 11.5 Å². The number of carbonyl (C=O) groups is 1. The summed E-state index contributed by atoms with van der Waals surface area (Å²) in [5, 5.41) is 10.0. The average molecular weight is 255 g/mol. The quantitative estimate of drug-likeness (QED) is 0.796. The average Bonchev–Trinajstić information content (AvgIpc) is 2.47. The fourth-order valence-electron chi connectivity index (χ4n) is 1.27. The fraction of sp³-hybridized carbons (Fsp3) is 0.100. The van der Waals surface area contributed by atoms with Crippen LogP contribution in [0.15, 0.2) is 27.1 Å². The third-order valence-corrected chi connectivity index (χ3v) is 2.49. The van der Waals surface area contributed by atoms with Crippen molar-refractivity contribution >= 4 is 32.7 Å². The second-order valence-electron chi connectivity index (χ2n) is 3.01. The number of fused-ring (bicyclic) bond motifs is 1. The van der Waals surface area contributed by atoms with Crippen molar-refractivity contribution in [2.45, 2.75) is 6.92 Å². The van der Waals surface area contributed by atoms with Crippen LogP contribution < -0.4 is 0 Å². The number of carbonyl (C=O) groups excluding carboxylic acids is 1. The summed E-state index contributed by atoms with van der Waals surface area (Å²) in [4.78, 5) is 11.0. The number of furan rings is 1. The van der Waals surface area contributed by atoms with Crippen LogP contribution in [0.1, 0.15) is 17.5 Å². The number of aromatic hydroxyl groups is 1. The van der Waals surface area contributed by atoms with Gasteiger partial charge in [0.2, 0.25) is 0 Å². The minimum Gasteiger partial charge on any atom is -0.508 e. The molecule has 0 radical (unpaired) electrons.